The maximum atomic E-state index is 9.10. The molecule has 0 heterocycles. The van der Waals surface area contributed by atoms with E-state index in [1.54, 1.807) is 27.7 Å². The van der Waals surface area contributed by atoms with Crippen molar-refractivity contribution in [3.05, 3.63) is 0 Å². The summed E-state index contributed by atoms with van der Waals surface area (Å²) < 4.78 is 3.47. The summed E-state index contributed by atoms with van der Waals surface area (Å²) in [4.78, 5) is 0. The lowest BCUT2D eigenvalue weighted by atomic mass is 9.90. The first-order valence-electron chi connectivity index (χ1n) is 5.75. The molecule has 0 amide bonds. The van der Waals surface area contributed by atoms with Crippen LogP contribution in [0.15, 0.2) is 0 Å². The van der Waals surface area contributed by atoms with E-state index in [0.29, 0.717) is 0 Å². The van der Waals surface area contributed by atoms with Crippen LogP contribution in [0.25, 0.3) is 0 Å². The highest BCUT2D eigenvalue weighted by molar-refractivity contribution is 6.48. The Bertz CT molecular complexity index is 208. The van der Waals surface area contributed by atoms with Gasteiger partial charge in [-0.2, -0.15) is 0 Å². The Balaban J connectivity index is -0.000000110. The van der Waals surface area contributed by atoms with Crippen molar-refractivity contribution >= 4 is 29.3 Å². The highest BCUT2D eigenvalue weighted by Crippen LogP contribution is 2.19. The van der Waals surface area contributed by atoms with Gasteiger partial charge in [0.25, 0.3) is 0 Å². The second-order valence-electron chi connectivity index (χ2n) is 4.60. The summed E-state index contributed by atoms with van der Waals surface area (Å²) in [5.41, 5.74) is -2.01. The molecular formula is C6H24B4O13. The highest BCUT2D eigenvalue weighted by Gasteiger charge is 2.31. The van der Waals surface area contributed by atoms with Crippen molar-refractivity contribution in [1.82, 2.24) is 0 Å². The first-order chi connectivity index (χ1) is 9.84. The molecule has 0 aliphatic carbocycles. The van der Waals surface area contributed by atoms with Crippen LogP contribution in [0.5, 0.6) is 0 Å². The van der Waals surface area contributed by atoms with E-state index in [-0.39, 0.29) is 0 Å². The van der Waals surface area contributed by atoms with Gasteiger partial charge in [0.15, 0.2) is 0 Å². The van der Waals surface area contributed by atoms with Crippen molar-refractivity contribution in [1.29, 1.82) is 0 Å². The smallest absolute Gasteiger partial charge is 0.402 e. The first-order valence-corrected chi connectivity index (χ1v) is 5.75. The molecule has 0 aromatic rings. The van der Waals surface area contributed by atoms with Crippen molar-refractivity contribution in [2.75, 3.05) is 0 Å². The number of hydrogen-bond acceptors (Lipinski definition) is 13. The van der Waals surface area contributed by atoms with Crippen LogP contribution < -0.4 is 0 Å². The zero-order valence-electron chi connectivity index (χ0n) is 13.1. The monoisotopic (exact) mass is 348 g/mol. The third-order valence-corrected chi connectivity index (χ3v) is 1.74. The molecule has 0 unspecified atom stereocenters. The number of hydrogen-bond donors (Lipinski definition) is 12. The molecule has 0 aromatic heterocycles. The third-order valence-electron chi connectivity index (χ3n) is 1.74. The van der Waals surface area contributed by atoms with Gasteiger partial charge in [-0.25, -0.2) is 0 Å². The van der Waals surface area contributed by atoms with E-state index in [1.807, 2.05) is 0 Å². The van der Waals surface area contributed by atoms with Gasteiger partial charge in [-0.3, -0.25) is 0 Å². The molecule has 0 aliphatic heterocycles. The van der Waals surface area contributed by atoms with Crippen molar-refractivity contribution in [3.8, 4) is 0 Å². The van der Waals surface area contributed by atoms with Gasteiger partial charge >= 0.3 is 29.3 Å². The molecule has 0 spiro atoms. The summed E-state index contributed by atoms with van der Waals surface area (Å²) in [6.45, 7) is 6.31. The van der Waals surface area contributed by atoms with Gasteiger partial charge in [-0.05, 0) is 27.7 Å². The molecule has 0 aromatic carbocycles. The second kappa shape index (κ2) is 15.3. The standard InChI is InChI=1S/C6H14O2.B2H4O5.2BH3O3/c1-5(2,7)6(3,4)8;3-1(4)7-2(5)6;2*2-1(3)4/h7-8H,1-4H3;3-6H;2*2-4H. The quantitative estimate of drug-likeness (QED) is 0.212. The summed E-state index contributed by atoms with van der Waals surface area (Å²) in [5, 5.41) is 92.2. The van der Waals surface area contributed by atoms with Gasteiger partial charge in [0.05, 0.1) is 11.2 Å². The van der Waals surface area contributed by atoms with E-state index >= 15 is 0 Å². The zero-order chi connectivity index (χ0) is 20.0. The summed E-state index contributed by atoms with van der Waals surface area (Å²) in [6, 6.07) is 0. The molecule has 0 aliphatic rings. The summed E-state index contributed by atoms with van der Waals surface area (Å²) in [6.07, 6.45) is 0. The lowest BCUT2D eigenvalue weighted by molar-refractivity contribution is -0.107. The van der Waals surface area contributed by atoms with Crippen molar-refractivity contribution < 1.29 is 65.0 Å². The number of aliphatic hydroxyl groups is 2. The van der Waals surface area contributed by atoms with Crippen LogP contribution in [0, 0.1) is 0 Å². The second-order valence-corrected chi connectivity index (χ2v) is 4.60. The third kappa shape index (κ3) is 52.2. The lowest BCUT2D eigenvalue weighted by Crippen LogP contribution is -2.44. The van der Waals surface area contributed by atoms with Crippen molar-refractivity contribution in [2.24, 2.45) is 0 Å². The average molecular weight is 347 g/mol. The van der Waals surface area contributed by atoms with E-state index in [2.05, 4.69) is 4.57 Å². The van der Waals surface area contributed by atoms with Crippen LogP contribution in [0.2, 0.25) is 0 Å². The van der Waals surface area contributed by atoms with Crippen LogP contribution in [0.4, 0.5) is 0 Å². The van der Waals surface area contributed by atoms with E-state index < -0.39 is 40.5 Å². The van der Waals surface area contributed by atoms with E-state index in [1.165, 1.54) is 0 Å². The first kappa shape index (κ1) is 30.6. The van der Waals surface area contributed by atoms with Crippen LogP contribution in [0.1, 0.15) is 27.7 Å². The van der Waals surface area contributed by atoms with Gasteiger partial charge in [-0.1, -0.05) is 0 Å². The van der Waals surface area contributed by atoms with Crippen molar-refractivity contribution in [2.45, 2.75) is 38.9 Å². The van der Waals surface area contributed by atoms with Gasteiger partial charge in [0.1, 0.15) is 0 Å². The average Bonchev–Trinajstić information content (AvgIpc) is 2.09. The molecule has 0 saturated carbocycles. The topological polar surface area (TPSA) is 252 Å². The highest BCUT2D eigenvalue weighted by atomic mass is 16.7. The fraction of sp³-hybridized carbons (Fsp3) is 1.00. The molecule has 0 bridgehead atoms. The number of rotatable bonds is 3. The summed E-state index contributed by atoms with van der Waals surface area (Å²) >= 11 is 0. The minimum atomic E-state index is -2.17. The molecule has 12 N–H and O–H groups in total. The largest absolute Gasteiger partial charge is 0.631 e. The Labute approximate surface area is 134 Å². The van der Waals surface area contributed by atoms with Crippen molar-refractivity contribution in [3.63, 3.8) is 0 Å². The van der Waals surface area contributed by atoms with Gasteiger partial charge < -0.3 is 65.0 Å². The SMILES string of the molecule is CC(C)(O)C(C)(C)O.OB(O)O.OB(O)O.OB(O)OB(O)O. The normalized spacial score (nSPS) is 9.91. The molecule has 0 rings (SSSR count). The van der Waals surface area contributed by atoms with E-state index in [9.17, 15) is 0 Å². The molecule has 0 saturated heterocycles. The summed E-state index contributed by atoms with van der Waals surface area (Å²) in [7, 11) is -8.58. The zero-order valence-corrected chi connectivity index (χ0v) is 13.1. The Morgan fingerprint density at radius 3 is 0.652 bits per heavy atom. The molecule has 13 nitrogen and oxygen atoms in total. The van der Waals surface area contributed by atoms with Gasteiger partial charge in [0.2, 0.25) is 0 Å². The van der Waals surface area contributed by atoms with Gasteiger partial charge in [-0.15, -0.1) is 0 Å². The Morgan fingerprint density at radius 1 is 0.522 bits per heavy atom. The van der Waals surface area contributed by atoms with Crippen LogP contribution in [-0.4, -0.2) is 101 Å². The Morgan fingerprint density at radius 2 is 0.652 bits per heavy atom. The molecule has 0 atom stereocenters. The fourth-order valence-electron chi connectivity index (χ4n) is 0.109. The van der Waals surface area contributed by atoms with Crippen LogP contribution in [-0.2, 0) is 4.57 Å². The van der Waals surface area contributed by atoms with Gasteiger partial charge in [0, 0.05) is 0 Å². The van der Waals surface area contributed by atoms with E-state index in [4.69, 9.17) is 60.5 Å². The maximum Gasteiger partial charge on any atom is 0.631 e. The Hall–Kier alpha value is -0.260. The maximum absolute atomic E-state index is 9.10. The van der Waals surface area contributed by atoms with Crippen LogP contribution in [0.3, 0.4) is 0 Å². The molecule has 0 fully saturated rings. The van der Waals surface area contributed by atoms with E-state index in [0.717, 1.165) is 0 Å². The lowest BCUT2D eigenvalue weighted by Gasteiger charge is -2.31. The molecule has 138 valence electrons. The minimum Gasteiger partial charge on any atom is -0.402 e. The van der Waals surface area contributed by atoms with Crippen LogP contribution >= 0.6 is 0 Å². The predicted octanol–water partition coefficient (Wildman–Crippen LogP) is -6.63. The molecular weight excluding hydrogens is 323 g/mol. The molecule has 23 heavy (non-hydrogen) atoms. The Kier molecular flexibility index (Phi) is 20.3. The minimum absolute atomic E-state index is 1.01. The fourth-order valence-corrected chi connectivity index (χ4v) is 0.109. The predicted molar refractivity (Wildman–Crippen MR) is 78.9 cm³/mol. The summed E-state index contributed by atoms with van der Waals surface area (Å²) in [5.74, 6) is 0. The molecule has 17 heteroatoms. The molecule has 0 radical (unpaired) electrons.